The van der Waals surface area contributed by atoms with E-state index in [4.69, 9.17) is 4.42 Å². The molecule has 0 saturated heterocycles. The zero-order valence-electron chi connectivity index (χ0n) is 29.9. The fourth-order valence-electron chi connectivity index (χ4n) is 9.50. The number of rotatable bonds is 3. The topological polar surface area (TPSA) is 70.6 Å². The van der Waals surface area contributed by atoms with Crippen molar-refractivity contribution in [3.05, 3.63) is 180 Å². The van der Waals surface area contributed by atoms with Crippen molar-refractivity contribution in [2.24, 2.45) is 0 Å². The maximum Gasteiger partial charge on any atom is 0.137 e. The van der Waals surface area contributed by atoms with Crippen LogP contribution in [0.2, 0.25) is 0 Å². The Morgan fingerprint density at radius 1 is 0.500 bits per heavy atom. The Morgan fingerprint density at radius 3 is 2.02 bits per heavy atom. The highest BCUT2D eigenvalue weighted by Crippen LogP contribution is 2.47. The summed E-state index contributed by atoms with van der Waals surface area (Å²) in [6.07, 6.45) is 0.884. The normalized spacial score (nSPS) is 12.2. The number of hydrogen-bond acceptors (Lipinski definition) is 3. The van der Waals surface area contributed by atoms with Gasteiger partial charge in [-0.05, 0) is 83.3 Å². The van der Waals surface area contributed by atoms with E-state index in [1.54, 1.807) is 0 Å². The quantitative estimate of drug-likeness (QED) is 0.183. The van der Waals surface area contributed by atoms with Crippen molar-refractivity contribution in [3.63, 3.8) is 0 Å². The van der Waals surface area contributed by atoms with Gasteiger partial charge in [0.2, 0.25) is 0 Å². The van der Waals surface area contributed by atoms with Gasteiger partial charge in [0.1, 0.15) is 17.2 Å². The molecule has 0 N–H and O–H groups in total. The zero-order chi connectivity index (χ0) is 37.1. The fraction of sp³-hybridized carbons (Fsp3) is 0.0196. The predicted molar refractivity (Wildman–Crippen MR) is 226 cm³/mol. The number of hydrogen-bond donors (Lipinski definition) is 0. The molecule has 56 heavy (non-hydrogen) atoms. The number of furan rings is 1. The van der Waals surface area contributed by atoms with Crippen molar-refractivity contribution < 1.29 is 4.42 Å². The van der Waals surface area contributed by atoms with Crippen LogP contribution >= 0.6 is 0 Å². The van der Waals surface area contributed by atoms with Gasteiger partial charge in [-0.3, -0.25) is 0 Å². The third-order valence-corrected chi connectivity index (χ3v) is 11.8. The largest absolute Gasteiger partial charge is 0.456 e. The van der Waals surface area contributed by atoms with Crippen LogP contribution in [0, 0.1) is 22.7 Å². The molecule has 0 fully saturated rings. The summed E-state index contributed by atoms with van der Waals surface area (Å²) in [4.78, 5) is 0. The van der Waals surface area contributed by atoms with Crippen molar-refractivity contribution in [1.29, 1.82) is 10.5 Å². The van der Waals surface area contributed by atoms with Crippen LogP contribution in [0.15, 0.2) is 162 Å². The van der Waals surface area contributed by atoms with E-state index in [-0.39, 0.29) is 0 Å². The Bertz CT molecular complexity index is 3600. The van der Waals surface area contributed by atoms with E-state index in [2.05, 4.69) is 130 Å². The molecule has 11 aromatic rings. The first-order valence-corrected chi connectivity index (χ1v) is 18.8. The first-order valence-electron chi connectivity index (χ1n) is 18.8. The molecule has 1 aliphatic rings. The molecule has 0 bridgehead atoms. The molecule has 5 nitrogen and oxygen atoms in total. The van der Waals surface area contributed by atoms with Gasteiger partial charge in [0.25, 0.3) is 0 Å². The van der Waals surface area contributed by atoms with Gasteiger partial charge in [-0.2, -0.15) is 10.5 Å². The molecular formula is C51H28N4O. The van der Waals surface area contributed by atoms with Crippen LogP contribution in [0.25, 0.3) is 99.2 Å². The predicted octanol–water partition coefficient (Wildman–Crippen LogP) is 12.8. The summed E-state index contributed by atoms with van der Waals surface area (Å²) in [7, 11) is 0. The van der Waals surface area contributed by atoms with Crippen LogP contribution in [0.1, 0.15) is 22.3 Å². The van der Waals surface area contributed by atoms with Crippen LogP contribution in [-0.4, -0.2) is 9.13 Å². The second-order valence-electron chi connectivity index (χ2n) is 14.7. The van der Waals surface area contributed by atoms with Crippen LogP contribution in [0.4, 0.5) is 0 Å². The Balaban J connectivity index is 1.20. The molecule has 0 atom stereocenters. The summed E-state index contributed by atoms with van der Waals surface area (Å²) in [6, 6.07) is 59.5. The van der Waals surface area contributed by atoms with Gasteiger partial charge < -0.3 is 13.6 Å². The Kier molecular flexibility index (Phi) is 6.18. The van der Waals surface area contributed by atoms with Gasteiger partial charge in [0, 0.05) is 43.7 Å². The van der Waals surface area contributed by atoms with Crippen LogP contribution < -0.4 is 0 Å². The van der Waals surface area contributed by atoms with Crippen LogP contribution in [0.5, 0.6) is 0 Å². The van der Waals surface area contributed by atoms with Gasteiger partial charge in [-0.15, -0.1) is 0 Å². The lowest BCUT2D eigenvalue weighted by atomic mass is 9.97. The van der Waals surface area contributed by atoms with E-state index in [0.29, 0.717) is 11.1 Å². The average molecular weight is 713 g/mol. The van der Waals surface area contributed by atoms with E-state index in [0.717, 1.165) is 89.1 Å². The Labute approximate surface area is 320 Å². The van der Waals surface area contributed by atoms with Crippen LogP contribution in [0.3, 0.4) is 0 Å². The summed E-state index contributed by atoms with van der Waals surface area (Å²) in [5.41, 5.74) is 15.3. The van der Waals surface area contributed by atoms with E-state index in [1.807, 2.05) is 48.5 Å². The number of nitrogens with zero attached hydrogens (tertiary/aromatic N) is 4. The minimum absolute atomic E-state index is 0.533. The third-order valence-electron chi connectivity index (χ3n) is 11.8. The molecule has 8 aromatic carbocycles. The summed E-state index contributed by atoms with van der Waals surface area (Å²) in [6.45, 7) is 0. The van der Waals surface area contributed by atoms with Crippen LogP contribution in [-0.2, 0) is 6.42 Å². The van der Waals surface area contributed by atoms with E-state index in [9.17, 15) is 10.5 Å². The number of para-hydroxylation sites is 4. The van der Waals surface area contributed by atoms with Crippen molar-refractivity contribution in [2.75, 3.05) is 0 Å². The second-order valence-corrected chi connectivity index (χ2v) is 14.7. The van der Waals surface area contributed by atoms with E-state index < -0.39 is 0 Å². The number of aromatic nitrogens is 2. The maximum absolute atomic E-state index is 10.9. The zero-order valence-corrected chi connectivity index (χ0v) is 29.9. The molecule has 258 valence electrons. The fourth-order valence-corrected chi connectivity index (χ4v) is 9.50. The molecule has 0 spiro atoms. The lowest BCUT2D eigenvalue weighted by Gasteiger charge is -2.18. The monoisotopic (exact) mass is 712 g/mol. The average Bonchev–Trinajstić information content (AvgIpc) is 4.00. The van der Waals surface area contributed by atoms with Crippen molar-refractivity contribution >= 4 is 65.6 Å². The molecular weight excluding hydrogens is 685 g/mol. The summed E-state index contributed by atoms with van der Waals surface area (Å²) < 4.78 is 11.0. The highest BCUT2D eigenvalue weighted by atomic mass is 16.3. The molecule has 0 radical (unpaired) electrons. The molecule has 0 unspecified atom stereocenters. The van der Waals surface area contributed by atoms with Gasteiger partial charge in [0.15, 0.2) is 0 Å². The maximum atomic E-state index is 10.9. The summed E-state index contributed by atoms with van der Waals surface area (Å²) >= 11 is 0. The second kappa shape index (κ2) is 11.3. The van der Waals surface area contributed by atoms with Gasteiger partial charge in [-0.1, -0.05) is 103 Å². The molecule has 1 aliphatic carbocycles. The Morgan fingerprint density at radius 2 is 1.20 bits per heavy atom. The standard InChI is InChI=1S/C51H28N4O/c52-28-30-24-34(27-35(25-30)54-43-17-6-3-13-38(43)40-21-20-32-26-31-10-1-2-12-36(31)47(32)50(40)54)37-16-9-11-33(29-53)49(37)55-44-18-7-4-14-39(44)41-22-23-46-48(51(41)55)42-15-5-8-19-45(42)56-46/h1-25,27H,26H2. The minimum atomic E-state index is 0.533. The van der Waals surface area contributed by atoms with Crippen molar-refractivity contribution in [3.8, 4) is 45.8 Å². The lowest BCUT2D eigenvalue weighted by Crippen LogP contribution is -2.02. The van der Waals surface area contributed by atoms with E-state index in [1.165, 1.54) is 27.6 Å². The minimum Gasteiger partial charge on any atom is -0.456 e. The summed E-state index contributed by atoms with van der Waals surface area (Å²) in [5, 5.41) is 28.0. The SMILES string of the molecule is N#Cc1cc(-c2cccc(C#N)c2-n2c3ccccc3c3ccc4oc5ccccc5c4c32)cc(-n2c3ccccc3c3ccc4c(c32)-c2ccccc2C4)c1. The van der Waals surface area contributed by atoms with E-state index >= 15 is 0 Å². The van der Waals surface area contributed by atoms with Crippen molar-refractivity contribution in [2.45, 2.75) is 6.42 Å². The summed E-state index contributed by atoms with van der Waals surface area (Å²) in [5.74, 6) is 0. The molecule has 3 aromatic heterocycles. The highest BCUT2D eigenvalue weighted by molar-refractivity contribution is 6.25. The van der Waals surface area contributed by atoms with Gasteiger partial charge in [0.05, 0.1) is 50.3 Å². The molecule has 0 saturated carbocycles. The highest BCUT2D eigenvalue weighted by Gasteiger charge is 2.27. The molecule has 3 heterocycles. The Hall–Kier alpha value is -7.86. The molecule has 0 amide bonds. The first-order chi connectivity index (χ1) is 27.7. The molecule has 12 rings (SSSR count). The first kappa shape index (κ1) is 30.6. The number of benzene rings is 8. The molecule has 5 heteroatoms. The molecule has 0 aliphatic heterocycles. The smallest absolute Gasteiger partial charge is 0.137 e. The third kappa shape index (κ3) is 4.06. The number of nitriles is 2. The van der Waals surface area contributed by atoms with Gasteiger partial charge >= 0.3 is 0 Å². The lowest BCUT2D eigenvalue weighted by molar-refractivity contribution is 0.669. The number of fused-ring (bicyclic) bond motifs is 14. The van der Waals surface area contributed by atoms with Gasteiger partial charge in [-0.25, -0.2) is 0 Å². The van der Waals surface area contributed by atoms with Crippen molar-refractivity contribution in [1.82, 2.24) is 9.13 Å².